The summed E-state index contributed by atoms with van der Waals surface area (Å²) in [7, 11) is -3.92. The number of ether oxygens (including phenoxy) is 2. The third-order valence-electron chi connectivity index (χ3n) is 4.80. The molecular formula is C19H19ClN2O5S. The van der Waals surface area contributed by atoms with Gasteiger partial charge in [-0.25, -0.2) is 8.42 Å². The molecule has 0 radical (unpaired) electrons. The van der Waals surface area contributed by atoms with Gasteiger partial charge in [0, 0.05) is 18.1 Å². The van der Waals surface area contributed by atoms with E-state index >= 15 is 0 Å². The van der Waals surface area contributed by atoms with Gasteiger partial charge in [-0.1, -0.05) is 17.7 Å². The lowest BCUT2D eigenvalue weighted by Crippen LogP contribution is -2.52. The van der Waals surface area contributed by atoms with Crippen LogP contribution in [0.2, 0.25) is 5.02 Å². The van der Waals surface area contributed by atoms with Crippen molar-refractivity contribution in [1.29, 1.82) is 0 Å². The number of nitrogens with zero attached hydrogens (tertiary/aromatic N) is 1. The van der Waals surface area contributed by atoms with Gasteiger partial charge in [0.1, 0.15) is 6.04 Å². The number of carbonyl (C=O) groups is 1. The van der Waals surface area contributed by atoms with Gasteiger partial charge in [-0.3, -0.25) is 4.79 Å². The van der Waals surface area contributed by atoms with Crippen LogP contribution in [0.4, 0.5) is 0 Å². The van der Waals surface area contributed by atoms with Crippen LogP contribution in [-0.4, -0.2) is 38.0 Å². The molecule has 2 aromatic rings. The average Bonchev–Trinajstić information content (AvgIpc) is 3.15. The molecule has 1 saturated heterocycles. The van der Waals surface area contributed by atoms with E-state index in [1.54, 1.807) is 18.2 Å². The molecule has 2 aliphatic rings. The summed E-state index contributed by atoms with van der Waals surface area (Å²) in [5.41, 5.74) is 0.708. The van der Waals surface area contributed by atoms with E-state index in [0.29, 0.717) is 41.5 Å². The van der Waals surface area contributed by atoms with Crippen LogP contribution in [0, 0.1) is 0 Å². The number of benzene rings is 2. The second kappa shape index (κ2) is 7.62. The third kappa shape index (κ3) is 3.67. The second-order valence-corrected chi connectivity index (χ2v) is 8.97. The summed E-state index contributed by atoms with van der Waals surface area (Å²) >= 11 is 5.90. The summed E-state index contributed by atoms with van der Waals surface area (Å²) in [5, 5.41) is 3.20. The highest BCUT2D eigenvalue weighted by Crippen LogP contribution is 2.34. The lowest BCUT2D eigenvalue weighted by molar-refractivity contribution is -0.126. The largest absolute Gasteiger partial charge is 0.454 e. The molecule has 148 valence electrons. The Kier molecular flexibility index (Phi) is 5.18. The standard InChI is InChI=1S/C19H19ClN2O5S/c20-14-4-6-15(7-5-14)28(24,25)22(16-2-1-9-21-19(16)23)11-13-3-8-17-18(10-13)27-12-26-17/h3-8,10,16H,1-2,9,11-12H2,(H,21,23). The summed E-state index contributed by atoms with van der Waals surface area (Å²) in [4.78, 5) is 12.6. The van der Waals surface area contributed by atoms with Crippen molar-refractivity contribution in [3.63, 3.8) is 0 Å². The Morgan fingerprint density at radius 3 is 2.61 bits per heavy atom. The van der Waals surface area contributed by atoms with Crippen molar-refractivity contribution in [3.8, 4) is 11.5 Å². The van der Waals surface area contributed by atoms with Crippen LogP contribution in [0.3, 0.4) is 0 Å². The van der Waals surface area contributed by atoms with Gasteiger partial charge in [0.15, 0.2) is 11.5 Å². The van der Waals surface area contributed by atoms with Gasteiger partial charge in [-0.2, -0.15) is 4.31 Å². The van der Waals surface area contributed by atoms with Crippen molar-refractivity contribution in [1.82, 2.24) is 9.62 Å². The molecule has 28 heavy (non-hydrogen) atoms. The molecule has 1 N–H and O–H groups in total. The molecule has 2 aromatic carbocycles. The van der Waals surface area contributed by atoms with Crippen LogP contribution in [0.5, 0.6) is 11.5 Å². The smallest absolute Gasteiger partial charge is 0.244 e. The van der Waals surface area contributed by atoms with Crippen LogP contribution < -0.4 is 14.8 Å². The highest BCUT2D eigenvalue weighted by molar-refractivity contribution is 7.89. The van der Waals surface area contributed by atoms with Gasteiger partial charge < -0.3 is 14.8 Å². The fourth-order valence-electron chi connectivity index (χ4n) is 3.35. The fraction of sp³-hybridized carbons (Fsp3) is 0.316. The Bertz CT molecular complexity index is 994. The lowest BCUT2D eigenvalue weighted by Gasteiger charge is -2.32. The number of halogens is 1. The van der Waals surface area contributed by atoms with Gasteiger partial charge in [0.2, 0.25) is 22.7 Å². The molecule has 0 aliphatic carbocycles. The average molecular weight is 423 g/mol. The maximum atomic E-state index is 13.4. The number of amides is 1. The molecule has 1 fully saturated rings. The van der Waals surface area contributed by atoms with E-state index in [1.165, 1.54) is 28.6 Å². The molecule has 2 heterocycles. The summed E-state index contributed by atoms with van der Waals surface area (Å²) in [6, 6.07) is 10.4. The first-order valence-corrected chi connectivity index (χ1v) is 10.7. The number of carbonyl (C=O) groups excluding carboxylic acids is 1. The first-order valence-electron chi connectivity index (χ1n) is 8.89. The number of rotatable bonds is 5. The number of sulfonamides is 1. The number of fused-ring (bicyclic) bond motifs is 1. The summed E-state index contributed by atoms with van der Waals surface area (Å²) in [6.45, 7) is 0.727. The zero-order chi connectivity index (χ0) is 19.7. The van der Waals surface area contributed by atoms with Crippen LogP contribution >= 0.6 is 11.6 Å². The minimum atomic E-state index is -3.92. The predicted octanol–water partition coefficient (Wildman–Crippen LogP) is 2.54. The van der Waals surface area contributed by atoms with Crippen molar-refractivity contribution in [3.05, 3.63) is 53.1 Å². The van der Waals surface area contributed by atoms with Crippen LogP contribution in [0.1, 0.15) is 18.4 Å². The highest BCUT2D eigenvalue weighted by Gasteiger charge is 2.37. The van der Waals surface area contributed by atoms with E-state index in [0.717, 1.165) is 0 Å². The molecule has 0 aromatic heterocycles. The summed E-state index contributed by atoms with van der Waals surface area (Å²) in [6.07, 6.45) is 1.17. The van der Waals surface area contributed by atoms with Gasteiger partial charge in [0.25, 0.3) is 0 Å². The van der Waals surface area contributed by atoms with Crippen LogP contribution in [0.25, 0.3) is 0 Å². The van der Waals surface area contributed by atoms with Crippen molar-refractivity contribution < 1.29 is 22.7 Å². The highest BCUT2D eigenvalue weighted by atomic mass is 35.5. The zero-order valence-corrected chi connectivity index (χ0v) is 16.5. The van der Waals surface area contributed by atoms with E-state index < -0.39 is 16.1 Å². The summed E-state index contributed by atoms with van der Waals surface area (Å²) < 4.78 is 38.7. The molecule has 0 spiro atoms. The maximum absolute atomic E-state index is 13.4. The van der Waals surface area contributed by atoms with Crippen molar-refractivity contribution in [2.75, 3.05) is 13.3 Å². The van der Waals surface area contributed by atoms with E-state index in [-0.39, 0.29) is 24.1 Å². The lowest BCUT2D eigenvalue weighted by atomic mass is 10.1. The monoisotopic (exact) mass is 422 g/mol. The zero-order valence-electron chi connectivity index (χ0n) is 14.9. The first kappa shape index (κ1) is 19.0. The molecule has 0 bridgehead atoms. The first-order chi connectivity index (χ1) is 13.4. The van der Waals surface area contributed by atoms with Gasteiger partial charge >= 0.3 is 0 Å². The second-order valence-electron chi connectivity index (χ2n) is 6.64. The van der Waals surface area contributed by atoms with Crippen LogP contribution in [0.15, 0.2) is 47.4 Å². The van der Waals surface area contributed by atoms with Gasteiger partial charge in [0.05, 0.1) is 4.90 Å². The molecule has 7 nitrogen and oxygen atoms in total. The molecule has 1 unspecified atom stereocenters. The predicted molar refractivity (Wildman–Crippen MR) is 103 cm³/mol. The molecule has 2 aliphatic heterocycles. The molecule has 4 rings (SSSR count). The van der Waals surface area contributed by atoms with E-state index in [4.69, 9.17) is 21.1 Å². The van der Waals surface area contributed by atoms with Gasteiger partial charge in [-0.15, -0.1) is 0 Å². The minimum absolute atomic E-state index is 0.0414. The Morgan fingerprint density at radius 2 is 1.86 bits per heavy atom. The fourth-order valence-corrected chi connectivity index (χ4v) is 5.09. The van der Waals surface area contributed by atoms with E-state index in [2.05, 4.69) is 5.32 Å². The van der Waals surface area contributed by atoms with Gasteiger partial charge in [-0.05, 0) is 54.8 Å². The molecule has 0 saturated carbocycles. The van der Waals surface area contributed by atoms with Crippen molar-refractivity contribution >= 4 is 27.5 Å². The Hall–Kier alpha value is -2.29. The Balaban J connectivity index is 1.71. The van der Waals surface area contributed by atoms with E-state index in [1.807, 2.05) is 0 Å². The summed E-state index contributed by atoms with van der Waals surface area (Å²) in [5.74, 6) is 0.894. The quantitative estimate of drug-likeness (QED) is 0.800. The Morgan fingerprint density at radius 1 is 1.11 bits per heavy atom. The van der Waals surface area contributed by atoms with Crippen molar-refractivity contribution in [2.24, 2.45) is 0 Å². The maximum Gasteiger partial charge on any atom is 0.244 e. The molecular weight excluding hydrogens is 404 g/mol. The molecule has 1 atom stereocenters. The number of hydrogen-bond acceptors (Lipinski definition) is 5. The topological polar surface area (TPSA) is 84.9 Å². The normalized spacial score (nSPS) is 18.9. The van der Waals surface area contributed by atoms with E-state index in [9.17, 15) is 13.2 Å². The van der Waals surface area contributed by atoms with Crippen molar-refractivity contribution in [2.45, 2.75) is 30.3 Å². The Labute approximate surface area is 168 Å². The number of piperidine rings is 1. The van der Waals surface area contributed by atoms with Crippen LogP contribution in [-0.2, 0) is 21.4 Å². The molecule has 1 amide bonds. The third-order valence-corrected chi connectivity index (χ3v) is 6.92. The number of hydrogen-bond donors (Lipinski definition) is 1. The SMILES string of the molecule is O=C1NCCCC1N(Cc1ccc2c(c1)OCO2)S(=O)(=O)c1ccc(Cl)cc1. The minimum Gasteiger partial charge on any atom is -0.454 e. The number of nitrogens with one attached hydrogen (secondary N) is 1. The molecule has 9 heteroatoms.